The lowest BCUT2D eigenvalue weighted by Gasteiger charge is -2.42. The fourth-order valence-electron chi connectivity index (χ4n) is 6.94. The molecule has 1 spiro atoms. The average Bonchev–Trinajstić information content (AvgIpc) is 3.66. The Balaban J connectivity index is 1.19. The van der Waals surface area contributed by atoms with Gasteiger partial charge in [0.15, 0.2) is 5.65 Å². The number of hydrogen-bond acceptors (Lipinski definition) is 5. The third kappa shape index (κ3) is 2.93. The lowest BCUT2D eigenvalue weighted by atomic mass is 9.73. The van der Waals surface area contributed by atoms with Crippen molar-refractivity contribution >= 4 is 33.4 Å². The zero-order chi connectivity index (χ0) is 25.4. The van der Waals surface area contributed by atoms with Gasteiger partial charge in [-0.1, -0.05) is 48.5 Å². The van der Waals surface area contributed by atoms with Gasteiger partial charge in [0.25, 0.3) is 0 Å². The number of aromatic nitrogens is 4. The molecule has 1 saturated heterocycles. The molecule has 1 atom stereocenters. The number of aromatic hydroxyl groups is 1. The molecule has 0 radical (unpaired) electrons. The van der Waals surface area contributed by atoms with Crippen molar-refractivity contribution in [2.75, 3.05) is 18.0 Å². The molecule has 1 fully saturated rings. The number of H-pyrrole nitrogens is 1. The number of piperidine rings is 1. The normalized spacial score (nSPS) is 18.7. The molecule has 3 aromatic heterocycles. The Kier molecular flexibility index (Phi) is 4.47. The first-order chi connectivity index (χ1) is 18.6. The molecule has 1 aliphatic carbocycles. The first kappa shape index (κ1) is 21.7. The van der Waals surface area contributed by atoms with E-state index in [0.717, 1.165) is 76.9 Å². The van der Waals surface area contributed by atoms with Crippen molar-refractivity contribution in [1.82, 2.24) is 19.4 Å². The summed E-state index contributed by atoms with van der Waals surface area (Å²) in [7, 11) is 0. The highest BCUT2D eigenvalue weighted by Gasteiger charge is 2.46. The summed E-state index contributed by atoms with van der Waals surface area (Å²) in [5.41, 5.74) is 13.4. The molecule has 1 aliphatic heterocycles. The van der Waals surface area contributed by atoms with Gasteiger partial charge in [0.1, 0.15) is 11.4 Å². The quantitative estimate of drug-likeness (QED) is 0.289. The summed E-state index contributed by atoms with van der Waals surface area (Å²) in [5, 5.41) is 13.2. The maximum absolute atomic E-state index is 10.4. The number of nitrogens with one attached hydrogen (secondary N) is 1. The molecule has 188 valence electrons. The number of rotatable bonds is 2. The Morgan fingerprint density at radius 1 is 0.947 bits per heavy atom. The minimum absolute atomic E-state index is 0.0932. The van der Waals surface area contributed by atoms with Crippen molar-refractivity contribution in [2.24, 2.45) is 11.1 Å². The molecule has 0 amide bonds. The number of fused-ring (bicyclic) bond motifs is 5. The maximum Gasteiger partial charge on any atom is 0.213 e. The minimum Gasteiger partial charge on any atom is -0.507 e. The molecule has 6 aromatic rings. The van der Waals surface area contributed by atoms with Crippen molar-refractivity contribution < 1.29 is 5.11 Å². The summed E-state index contributed by atoms with van der Waals surface area (Å²) in [6, 6.07) is 20.4. The van der Waals surface area contributed by atoms with Crippen LogP contribution >= 0.6 is 0 Å². The summed E-state index contributed by atoms with van der Waals surface area (Å²) < 4.78 is 2.11. The van der Waals surface area contributed by atoms with Crippen molar-refractivity contribution in [3.8, 4) is 16.9 Å². The summed E-state index contributed by atoms with van der Waals surface area (Å²) >= 11 is 0. The average molecular weight is 501 g/mol. The molecule has 8 rings (SSSR count). The number of aromatic amines is 1. The molecular weight excluding hydrogens is 472 g/mol. The van der Waals surface area contributed by atoms with Crippen LogP contribution in [-0.4, -0.2) is 37.5 Å². The second kappa shape index (κ2) is 7.82. The van der Waals surface area contributed by atoms with E-state index in [1.807, 2.05) is 48.9 Å². The minimum atomic E-state index is 0.0932. The molecule has 4 N–H and O–H groups in total. The lowest BCUT2D eigenvalue weighted by Crippen LogP contribution is -2.45. The van der Waals surface area contributed by atoms with Crippen LogP contribution in [0.4, 0.5) is 5.95 Å². The largest absolute Gasteiger partial charge is 0.507 e. The first-order valence-electron chi connectivity index (χ1n) is 13.3. The first-order valence-corrected chi connectivity index (χ1v) is 13.3. The van der Waals surface area contributed by atoms with Crippen LogP contribution in [0.15, 0.2) is 79.3 Å². The van der Waals surface area contributed by atoms with Gasteiger partial charge >= 0.3 is 0 Å². The number of imidazole rings is 1. The summed E-state index contributed by atoms with van der Waals surface area (Å²) in [6.07, 6.45) is 8.99. The third-order valence-corrected chi connectivity index (χ3v) is 8.98. The summed E-state index contributed by atoms with van der Waals surface area (Å²) in [5.74, 6) is 1.19. The van der Waals surface area contributed by atoms with Gasteiger partial charge in [-0.15, -0.1) is 0 Å². The van der Waals surface area contributed by atoms with Gasteiger partial charge < -0.3 is 20.7 Å². The molecule has 7 heteroatoms. The van der Waals surface area contributed by atoms with Crippen molar-refractivity contribution in [1.29, 1.82) is 0 Å². The number of phenolic OH excluding ortho intramolecular Hbond substituents is 1. The molecule has 3 aromatic carbocycles. The van der Waals surface area contributed by atoms with Crippen LogP contribution in [0.2, 0.25) is 0 Å². The predicted octanol–water partition coefficient (Wildman–Crippen LogP) is 5.58. The number of benzene rings is 3. The van der Waals surface area contributed by atoms with Gasteiger partial charge in [-0.3, -0.25) is 4.40 Å². The molecule has 0 bridgehead atoms. The second-order valence-electron chi connectivity index (χ2n) is 10.8. The van der Waals surface area contributed by atoms with E-state index in [9.17, 15) is 5.11 Å². The topological polar surface area (TPSA) is 95.5 Å². The monoisotopic (exact) mass is 500 g/mol. The van der Waals surface area contributed by atoms with Gasteiger partial charge in [0.2, 0.25) is 5.95 Å². The predicted molar refractivity (Wildman–Crippen MR) is 150 cm³/mol. The maximum atomic E-state index is 10.4. The zero-order valence-electron chi connectivity index (χ0n) is 20.9. The van der Waals surface area contributed by atoms with E-state index in [0.29, 0.717) is 0 Å². The highest BCUT2D eigenvalue weighted by atomic mass is 16.3. The van der Waals surface area contributed by atoms with Crippen LogP contribution < -0.4 is 10.6 Å². The zero-order valence-corrected chi connectivity index (χ0v) is 20.9. The van der Waals surface area contributed by atoms with Crippen LogP contribution in [-0.2, 0) is 6.42 Å². The van der Waals surface area contributed by atoms with Crippen LogP contribution in [0.25, 0.3) is 38.6 Å². The van der Waals surface area contributed by atoms with Crippen LogP contribution in [0.5, 0.6) is 5.75 Å². The van der Waals surface area contributed by atoms with E-state index >= 15 is 0 Å². The smallest absolute Gasteiger partial charge is 0.213 e. The summed E-state index contributed by atoms with van der Waals surface area (Å²) in [6.45, 7) is 1.81. The standard InChI is InChI=1S/C31H28N6O/c32-27-20-6-2-1-5-19(20)17-31(27)11-14-36(15-12-31)30-35-28-26(29-33-13-16-37(29)30)24(18-34-28)22-9-10-25(38)23-8-4-3-7-21(22)23/h1-10,13,16,18,27,34,38H,11-12,14-15,17,32H2/t27-/m1/s1. The Morgan fingerprint density at radius 3 is 2.58 bits per heavy atom. The number of nitrogens with two attached hydrogens (primary N) is 1. The van der Waals surface area contributed by atoms with Gasteiger partial charge in [-0.2, -0.15) is 4.98 Å². The Morgan fingerprint density at radius 2 is 1.74 bits per heavy atom. The van der Waals surface area contributed by atoms with Crippen molar-refractivity contribution in [2.45, 2.75) is 25.3 Å². The Hall–Kier alpha value is -4.36. The van der Waals surface area contributed by atoms with E-state index in [1.54, 1.807) is 6.07 Å². The second-order valence-corrected chi connectivity index (χ2v) is 10.8. The molecule has 7 nitrogen and oxygen atoms in total. The van der Waals surface area contributed by atoms with E-state index in [2.05, 4.69) is 38.6 Å². The fraction of sp³-hybridized carbons (Fsp3) is 0.226. The van der Waals surface area contributed by atoms with Gasteiger partial charge in [-0.05, 0) is 58.9 Å². The molecule has 4 heterocycles. The van der Waals surface area contributed by atoms with Crippen LogP contribution in [0.3, 0.4) is 0 Å². The Bertz CT molecular complexity index is 1860. The van der Waals surface area contributed by atoms with E-state index in [-0.39, 0.29) is 17.2 Å². The molecule has 38 heavy (non-hydrogen) atoms. The van der Waals surface area contributed by atoms with E-state index in [1.165, 1.54) is 11.1 Å². The van der Waals surface area contributed by atoms with Crippen LogP contribution in [0.1, 0.15) is 30.0 Å². The molecular formula is C31H28N6O. The van der Waals surface area contributed by atoms with Crippen LogP contribution in [0, 0.1) is 5.41 Å². The van der Waals surface area contributed by atoms with Crippen molar-refractivity contribution in [3.63, 3.8) is 0 Å². The fourth-order valence-corrected chi connectivity index (χ4v) is 6.94. The number of hydrogen-bond donors (Lipinski definition) is 3. The lowest BCUT2D eigenvalue weighted by molar-refractivity contribution is 0.187. The van der Waals surface area contributed by atoms with Crippen molar-refractivity contribution in [3.05, 3.63) is 90.4 Å². The number of phenols is 1. The molecule has 0 saturated carbocycles. The number of anilines is 1. The molecule has 2 aliphatic rings. The SMILES string of the molecule is N[C@@H]1c2ccccc2CC12CCN(c1nc3[nH]cc(-c4ccc(O)c5ccccc45)c3c3nccn13)CC2. The van der Waals surface area contributed by atoms with Gasteiger partial charge in [0, 0.05) is 48.7 Å². The van der Waals surface area contributed by atoms with Gasteiger partial charge in [-0.25, -0.2) is 4.98 Å². The highest BCUT2D eigenvalue weighted by Crippen LogP contribution is 2.51. The Labute approximate surface area is 219 Å². The number of nitrogens with zero attached hydrogens (tertiary/aromatic N) is 4. The molecule has 0 unspecified atom stereocenters. The summed E-state index contributed by atoms with van der Waals surface area (Å²) in [4.78, 5) is 15.7. The van der Waals surface area contributed by atoms with Gasteiger partial charge in [0.05, 0.1) is 5.39 Å². The highest BCUT2D eigenvalue weighted by molar-refractivity contribution is 6.10. The van der Waals surface area contributed by atoms with E-state index < -0.39 is 0 Å². The van der Waals surface area contributed by atoms with E-state index in [4.69, 9.17) is 15.7 Å². The third-order valence-electron chi connectivity index (χ3n) is 8.98.